The van der Waals surface area contributed by atoms with Crippen molar-refractivity contribution >= 4 is 12.2 Å². The molecule has 0 aliphatic carbocycles. The van der Waals surface area contributed by atoms with Gasteiger partial charge in [0.05, 0.1) is 0 Å². The Morgan fingerprint density at radius 3 is 2.12 bits per heavy atom. The number of hydrogen-bond donors (Lipinski definition) is 2. The maximum Gasteiger partial charge on any atom is 0.503 e. The Morgan fingerprint density at radius 2 is 1.62 bits per heavy atom. The molecule has 0 saturated carbocycles. The Bertz CT molecular complexity index is 360. The lowest BCUT2D eigenvalue weighted by Crippen LogP contribution is -1.81. The molecule has 2 N–H and O–H groups in total. The van der Waals surface area contributed by atoms with E-state index in [4.69, 9.17) is 15.0 Å². The van der Waals surface area contributed by atoms with Gasteiger partial charge in [-0.1, -0.05) is 67.3 Å². The van der Waals surface area contributed by atoms with E-state index in [9.17, 15) is 0 Å². The van der Waals surface area contributed by atoms with Crippen molar-refractivity contribution in [3.63, 3.8) is 0 Å². The van der Waals surface area contributed by atoms with Gasteiger partial charge in [0.2, 0.25) is 0 Å². The molecule has 0 aromatic heterocycles. The average Bonchev–Trinajstić information content (AvgIpc) is 2.25. The maximum atomic E-state index is 8.56. The summed E-state index contributed by atoms with van der Waals surface area (Å²) in [6, 6.07) is 10.2. The smallest absolute Gasteiger partial charge is 0.450 e. The predicted octanol–water partition coefficient (Wildman–Crippen LogP) is 3.66. The quantitative estimate of drug-likeness (QED) is 0.761. The summed E-state index contributed by atoms with van der Waals surface area (Å²) in [5.74, 6) is 0. The van der Waals surface area contributed by atoms with Crippen molar-refractivity contribution in [2.45, 2.75) is 0 Å². The highest BCUT2D eigenvalue weighted by Gasteiger charge is 1.78. The normalized spacial score (nSPS) is 9.75. The molecule has 1 aromatic rings. The minimum absolute atomic E-state index is 1.21. The van der Waals surface area contributed by atoms with E-state index in [-0.39, 0.29) is 0 Å². The van der Waals surface area contributed by atoms with Gasteiger partial charge in [0.25, 0.3) is 0 Å². The summed E-state index contributed by atoms with van der Waals surface area (Å²) in [5, 5.41) is 13.9. The van der Waals surface area contributed by atoms with Crippen molar-refractivity contribution in [3.8, 4) is 0 Å². The number of hydrogen-bond acceptors (Lipinski definition) is 1. The molecule has 0 aliphatic heterocycles. The Hall–Kier alpha value is -2.29. The predicted molar refractivity (Wildman–Crippen MR) is 65.5 cm³/mol. The molecular weight excluding hydrogens is 204 g/mol. The highest BCUT2D eigenvalue weighted by Crippen LogP contribution is 2.00. The van der Waals surface area contributed by atoms with Crippen LogP contribution >= 0.6 is 0 Å². The van der Waals surface area contributed by atoms with Crippen molar-refractivity contribution in [1.29, 1.82) is 0 Å². The summed E-state index contributed by atoms with van der Waals surface area (Å²) in [7, 11) is 0. The van der Waals surface area contributed by atoms with E-state index < -0.39 is 6.16 Å². The molecule has 0 unspecified atom stereocenters. The minimum Gasteiger partial charge on any atom is -0.450 e. The standard InChI is InChI=1S/C12H12.CH2O3/c1-2-3-4-6-9-12-10-7-5-8-11-12;2-1(3)4/h2-11H,1H2;(H2,2,3,4). The number of benzene rings is 1. The molecule has 0 saturated heterocycles. The van der Waals surface area contributed by atoms with E-state index in [1.54, 1.807) is 6.08 Å². The van der Waals surface area contributed by atoms with Crippen LogP contribution < -0.4 is 0 Å². The van der Waals surface area contributed by atoms with Crippen LogP contribution in [0.3, 0.4) is 0 Å². The van der Waals surface area contributed by atoms with E-state index in [2.05, 4.69) is 24.8 Å². The first kappa shape index (κ1) is 13.7. The van der Waals surface area contributed by atoms with E-state index in [1.165, 1.54) is 5.56 Å². The van der Waals surface area contributed by atoms with Gasteiger partial charge in [0.1, 0.15) is 0 Å². The van der Waals surface area contributed by atoms with Crippen molar-refractivity contribution in [2.24, 2.45) is 0 Å². The van der Waals surface area contributed by atoms with Crippen LogP contribution in [0.4, 0.5) is 4.79 Å². The first-order chi connectivity index (χ1) is 7.66. The summed E-state index contributed by atoms with van der Waals surface area (Å²) in [5.41, 5.74) is 1.21. The van der Waals surface area contributed by atoms with Gasteiger partial charge in [0, 0.05) is 0 Å². The Kier molecular flexibility index (Phi) is 7.95. The number of rotatable bonds is 3. The van der Waals surface area contributed by atoms with E-state index in [0.29, 0.717) is 0 Å². The fourth-order valence-electron chi connectivity index (χ4n) is 0.874. The second-order valence-corrected chi connectivity index (χ2v) is 2.67. The third-order valence-electron chi connectivity index (χ3n) is 1.45. The summed E-state index contributed by atoms with van der Waals surface area (Å²) >= 11 is 0. The van der Waals surface area contributed by atoms with E-state index >= 15 is 0 Å². The topological polar surface area (TPSA) is 57.5 Å². The Labute approximate surface area is 94.7 Å². The molecule has 16 heavy (non-hydrogen) atoms. The zero-order valence-electron chi connectivity index (χ0n) is 8.78. The average molecular weight is 218 g/mol. The lowest BCUT2D eigenvalue weighted by molar-refractivity contribution is 0.137. The van der Waals surface area contributed by atoms with Crippen LogP contribution in [0, 0.1) is 0 Å². The molecule has 1 rings (SSSR count). The van der Waals surface area contributed by atoms with Gasteiger partial charge in [-0.25, -0.2) is 4.79 Å². The van der Waals surface area contributed by atoms with Gasteiger partial charge >= 0.3 is 6.16 Å². The van der Waals surface area contributed by atoms with Gasteiger partial charge < -0.3 is 10.2 Å². The van der Waals surface area contributed by atoms with Crippen LogP contribution in [0.15, 0.2) is 61.2 Å². The second kappa shape index (κ2) is 9.27. The first-order valence-corrected chi connectivity index (χ1v) is 4.59. The third-order valence-corrected chi connectivity index (χ3v) is 1.45. The molecule has 84 valence electrons. The van der Waals surface area contributed by atoms with Gasteiger partial charge in [-0.2, -0.15) is 0 Å². The van der Waals surface area contributed by atoms with E-state index in [1.807, 2.05) is 36.4 Å². The van der Waals surface area contributed by atoms with Gasteiger partial charge in [-0.15, -0.1) is 0 Å². The van der Waals surface area contributed by atoms with Crippen molar-refractivity contribution in [3.05, 3.63) is 66.8 Å². The zero-order valence-corrected chi connectivity index (χ0v) is 8.78. The Balaban J connectivity index is 0.000000487. The molecule has 1 aromatic carbocycles. The summed E-state index contributed by atoms with van der Waals surface area (Å²) < 4.78 is 0. The monoisotopic (exact) mass is 218 g/mol. The highest BCUT2D eigenvalue weighted by molar-refractivity contribution is 5.53. The molecule has 0 radical (unpaired) electrons. The largest absolute Gasteiger partial charge is 0.503 e. The maximum absolute atomic E-state index is 8.56. The SMILES string of the molecule is C=CC=CC=Cc1ccccc1.O=C(O)O. The minimum atomic E-state index is -1.83. The number of allylic oxidation sites excluding steroid dienone is 4. The molecule has 0 fully saturated rings. The van der Waals surface area contributed by atoms with Crippen molar-refractivity contribution < 1.29 is 15.0 Å². The van der Waals surface area contributed by atoms with Gasteiger partial charge in [-0.05, 0) is 5.56 Å². The highest BCUT2D eigenvalue weighted by atomic mass is 16.6. The van der Waals surface area contributed by atoms with Crippen LogP contribution in [-0.2, 0) is 0 Å². The van der Waals surface area contributed by atoms with Crippen LogP contribution in [0.1, 0.15) is 5.56 Å². The lowest BCUT2D eigenvalue weighted by Gasteiger charge is -1.87. The first-order valence-electron chi connectivity index (χ1n) is 4.59. The number of carbonyl (C=O) groups is 1. The van der Waals surface area contributed by atoms with Gasteiger partial charge in [0.15, 0.2) is 0 Å². The van der Waals surface area contributed by atoms with Crippen LogP contribution in [-0.4, -0.2) is 16.4 Å². The zero-order chi connectivity index (χ0) is 12.2. The molecular formula is C13H14O3. The number of carboxylic acid groups (broad SMARTS) is 2. The fraction of sp³-hybridized carbons (Fsp3) is 0. The molecule has 3 nitrogen and oxygen atoms in total. The lowest BCUT2D eigenvalue weighted by atomic mass is 10.2. The summed E-state index contributed by atoms with van der Waals surface area (Å²) in [4.78, 5) is 8.56. The Morgan fingerprint density at radius 1 is 1.06 bits per heavy atom. The second-order valence-electron chi connectivity index (χ2n) is 2.67. The van der Waals surface area contributed by atoms with Crippen molar-refractivity contribution in [2.75, 3.05) is 0 Å². The summed E-state index contributed by atoms with van der Waals surface area (Å²) in [6.45, 7) is 3.58. The van der Waals surface area contributed by atoms with Gasteiger partial charge in [-0.3, -0.25) is 0 Å². The summed E-state index contributed by atoms with van der Waals surface area (Å²) in [6.07, 6.45) is 7.84. The molecule has 0 atom stereocenters. The van der Waals surface area contributed by atoms with E-state index in [0.717, 1.165) is 0 Å². The fourth-order valence-corrected chi connectivity index (χ4v) is 0.874. The van der Waals surface area contributed by atoms with Crippen molar-refractivity contribution in [1.82, 2.24) is 0 Å². The molecule has 0 amide bonds. The molecule has 0 heterocycles. The molecule has 3 heteroatoms. The molecule has 0 aliphatic rings. The molecule has 0 bridgehead atoms. The third kappa shape index (κ3) is 9.80. The van der Waals surface area contributed by atoms with Crippen LogP contribution in [0.5, 0.6) is 0 Å². The van der Waals surface area contributed by atoms with Crippen LogP contribution in [0.2, 0.25) is 0 Å². The molecule has 0 spiro atoms. The van der Waals surface area contributed by atoms with Crippen LogP contribution in [0.25, 0.3) is 6.08 Å².